The second-order valence-electron chi connectivity index (χ2n) is 10.4. The van der Waals surface area contributed by atoms with E-state index in [0.29, 0.717) is 45.4 Å². The fourth-order valence-corrected chi connectivity index (χ4v) is 6.20. The van der Waals surface area contributed by atoms with Crippen LogP contribution in [0.5, 0.6) is 28.7 Å². The van der Waals surface area contributed by atoms with Crippen molar-refractivity contribution in [2.75, 3.05) is 48.9 Å². The molecule has 242 valence electrons. The third kappa shape index (κ3) is 4.95. The highest BCUT2D eigenvalue weighted by molar-refractivity contribution is 6.00. The van der Waals surface area contributed by atoms with E-state index < -0.39 is 65.7 Å². The topological polar surface area (TPSA) is 182 Å². The van der Waals surface area contributed by atoms with E-state index in [2.05, 4.69) is 15.0 Å². The molecule has 1 fully saturated rings. The van der Waals surface area contributed by atoms with Crippen LogP contribution in [0.25, 0.3) is 0 Å². The molecule has 1 saturated heterocycles. The molecule has 0 spiro atoms. The van der Waals surface area contributed by atoms with Gasteiger partial charge in [-0.1, -0.05) is 5.21 Å². The summed E-state index contributed by atoms with van der Waals surface area (Å²) in [7, 11) is 6.68. The van der Waals surface area contributed by atoms with Crippen LogP contribution in [0.2, 0.25) is 0 Å². The van der Waals surface area contributed by atoms with E-state index >= 15 is 0 Å². The van der Waals surface area contributed by atoms with E-state index in [4.69, 9.17) is 37.9 Å². The van der Waals surface area contributed by atoms with Gasteiger partial charge >= 0.3 is 23.9 Å². The van der Waals surface area contributed by atoms with Gasteiger partial charge in [-0.05, 0) is 35.4 Å². The van der Waals surface area contributed by atoms with Gasteiger partial charge in [0.25, 0.3) is 0 Å². The highest BCUT2D eigenvalue weighted by atomic mass is 16.7. The third-order valence-corrected chi connectivity index (χ3v) is 8.20. The molecule has 0 saturated carbocycles. The number of hydrogen-bond donors (Lipinski definition) is 0. The molecule has 6 rings (SSSR count). The lowest BCUT2D eigenvalue weighted by Crippen LogP contribution is -2.37. The Hall–Kier alpha value is -5.54. The quantitative estimate of drug-likeness (QED) is 0.244. The first-order valence-electron chi connectivity index (χ1n) is 13.9. The summed E-state index contributed by atoms with van der Waals surface area (Å²) in [6.45, 7) is -0.676. The number of rotatable bonds is 9. The standard InChI is InChI=1S/C30H29N3O13/c1-38-19-6-13(7-20(39-2)27(19)40-3)22-14-8-17-18(45-12-44-17)9-15(14)26(16-11-43-28(35)23(16)22)46-21(34)10-33-25(30(37)42-5)24(31-32-33)29(36)41-4/h6-9,16,22-23,26H,10-12H2,1-5H3/t16-,22+,23-,26-/m0/s1. The van der Waals surface area contributed by atoms with Crippen LogP contribution in [0.15, 0.2) is 24.3 Å². The molecule has 0 radical (unpaired) electrons. The number of ether oxygens (including phenoxy) is 9. The van der Waals surface area contributed by atoms with Crippen LogP contribution in [0.3, 0.4) is 0 Å². The molecule has 2 aromatic carbocycles. The number of carbonyl (C=O) groups is 4. The van der Waals surface area contributed by atoms with Gasteiger partial charge in [0.2, 0.25) is 18.2 Å². The molecule has 4 atom stereocenters. The molecule has 3 aromatic rings. The first-order chi connectivity index (χ1) is 22.2. The van der Waals surface area contributed by atoms with Crippen molar-refractivity contribution in [2.45, 2.75) is 18.6 Å². The summed E-state index contributed by atoms with van der Waals surface area (Å²) >= 11 is 0. The Morgan fingerprint density at radius 1 is 0.870 bits per heavy atom. The smallest absolute Gasteiger partial charge is 0.361 e. The molecule has 46 heavy (non-hydrogen) atoms. The second-order valence-corrected chi connectivity index (χ2v) is 10.4. The summed E-state index contributed by atoms with van der Waals surface area (Å²) in [5, 5.41) is 7.45. The maximum atomic E-state index is 13.5. The van der Waals surface area contributed by atoms with Gasteiger partial charge in [-0.2, -0.15) is 0 Å². The fourth-order valence-electron chi connectivity index (χ4n) is 6.20. The van der Waals surface area contributed by atoms with Crippen molar-refractivity contribution in [3.8, 4) is 28.7 Å². The number of benzene rings is 2. The molecule has 0 bridgehead atoms. The Labute approximate surface area is 261 Å². The van der Waals surface area contributed by atoms with Crippen molar-refractivity contribution in [1.29, 1.82) is 0 Å². The lowest BCUT2D eigenvalue weighted by molar-refractivity contribution is -0.155. The lowest BCUT2D eigenvalue weighted by Gasteiger charge is -2.38. The number of methoxy groups -OCH3 is 5. The minimum absolute atomic E-state index is 0.0163. The van der Waals surface area contributed by atoms with Gasteiger partial charge in [-0.25, -0.2) is 14.3 Å². The van der Waals surface area contributed by atoms with E-state index in [9.17, 15) is 19.2 Å². The molecule has 16 heteroatoms. The van der Waals surface area contributed by atoms with Gasteiger partial charge in [-0.3, -0.25) is 9.59 Å². The summed E-state index contributed by atoms with van der Waals surface area (Å²) < 4.78 is 49.9. The first kappa shape index (κ1) is 30.5. The van der Waals surface area contributed by atoms with Crippen LogP contribution in [0.1, 0.15) is 49.7 Å². The number of carbonyl (C=O) groups excluding carboxylic acids is 4. The molecule has 16 nitrogen and oxygen atoms in total. The molecule has 0 amide bonds. The van der Waals surface area contributed by atoms with E-state index in [0.717, 1.165) is 18.9 Å². The molecule has 0 N–H and O–H groups in total. The van der Waals surface area contributed by atoms with Crippen LogP contribution >= 0.6 is 0 Å². The second kappa shape index (κ2) is 12.1. The highest BCUT2D eigenvalue weighted by Gasteiger charge is 2.54. The van der Waals surface area contributed by atoms with E-state index in [-0.39, 0.29) is 13.4 Å². The van der Waals surface area contributed by atoms with Gasteiger partial charge in [0.05, 0.1) is 48.1 Å². The van der Waals surface area contributed by atoms with Crippen molar-refractivity contribution < 1.29 is 61.8 Å². The normalized spacial score (nSPS) is 20.6. The van der Waals surface area contributed by atoms with Crippen LogP contribution in [0.4, 0.5) is 0 Å². The molecule has 3 aliphatic rings. The Morgan fingerprint density at radius 3 is 2.13 bits per heavy atom. The number of fused-ring (bicyclic) bond motifs is 3. The predicted molar refractivity (Wildman–Crippen MR) is 150 cm³/mol. The monoisotopic (exact) mass is 639 g/mol. The number of hydrogen-bond acceptors (Lipinski definition) is 15. The minimum atomic E-state index is -0.989. The number of cyclic esters (lactones) is 1. The Bertz CT molecular complexity index is 1710. The Morgan fingerprint density at radius 2 is 1.52 bits per heavy atom. The summed E-state index contributed by atoms with van der Waals surface area (Å²) in [5.41, 5.74) is 1.02. The largest absolute Gasteiger partial charge is 0.493 e. The average Bonchev–Trinajstić information content (AvgIpc) is 3.81. The Balaban J connectivity index is 1.42. The van der Waals surface area contributed by atoms with Crippen LogP contribution in [0, 0.1) is 11.8 Å². The van der Waals surface area contributed by atoms with Gasteiger partial charge in [0.15, 0.2) is 28.7 Å². The molecule has 1 aliphatic carbocycles. The van der Waals surface area contributed by atoms with Gasteiger partial charge in [0, 0.05) is 17.4 Å². The van der Waals surface area contributed by atoms with Crippen molar-refractivity contribution in [2.24, 2.45) is 11.8 Å². The van der Waals surface area contributed by atoms with Crippen LogP contribution in [-0.4, -0.2) is 87.8 Å². The van der Waals surface area contributed by atoms with E-state index in [1.807, 2.05) is 0 Å². The average molecular weight is 640 g/mol. The molecule has 2 aliphatic heterocycles. The zero-order valence-electron chi connectivity index (χ0n) is 25.4. The minimum Gasteiger partial charge on any atom is -0.493 e. The van der Waals surface area contributed by atoms with E-state index in [1.54, 1.807) is 24.3 Å². The summed E-state index contributed by atoms with van der Waals surface area (Å²) in [6.07, 6.45) is -0.989. The predicted octanol–water partition coefficient (Wildman–Crippen LogP) is 1.82. The lowest BCUT2D eigenvalue weighted by atomic mass is 9.66. The van der Waals surface area contributed by atoms with Crippen molar-refractivity contribution in [3.63, 3.8) is 0 Å². The van der Waals surface area contributed by atoms with Crippen molar-refractivity contribution in [1.82, 2.24) is 15.0 Å². The first-order valence-corrected chi connectivity index (χ1v) is 13.9. The number of nitrogens with zero attached hydrogens (tertiary/aromatic N) is 3. The molecule has 0 unspecified atom stereocenters. The van der Waals surface area contributed by atoms with Gasteiger partial charge in [0.1, 0.15) is 12.6 Å². The van der Waals surface area contributed by atoms with Crippen molar-refractivity contribution in [3.05, 3.63) is 52.3 Å². The maximum Gasteiger partial charge on any atom is 0.361 e. The van der Waals surface area contributed by atoms with E-state index in [1.165, 1.54) is 21.3 Å². The highest BCUT2D eigenvalue weighted by Crippen LogP contribution is 2.56. The summed E-state index contributed by atoms with van der Waals surface area (Å²) in [5.74, 6) is -3.23. The number of aromatic nitrogens is 3. The van der Waals surface area contributed by atoms with Crippen LogP contribution in [-0.2, 0) is 35.1 Å². The fraction of sp³-hybridized carbons (Fsp3) is 0.400. The maximum absolute atomic E-state index is 13.5. The van der Waals surface area contributed by atoms with Crippen molar-refractivity contribution >= 4 is 23.9 Å². The third-order valence-electron chi connectivity index (χ3n) is 8.20. The summed E-state index contributed by atoms with van der Waals surface area (Å²) in [6, 6.07) is 6.98. The van der Waals surface area contributed by atoms with Crippen LogP contribution < -0.4 is 23.7 Å². The molecule has 3 heterocycles. The number of esters is 4. The zero-order chi connectivity index (χ0) is 32.7. The van der Waals surface area contributed by atoms with Gasteiger partial charge in [-0.15, -0.1) is 5.10 Å². The molecular weight excluding hydrogens is 610 g/mol. The molecule has 1 aromatic heterocycles. The Kier molecular flexibility index (Phi) is 8.02. The SMILES string of the molecule is COC(=O)c1nnn(CC(=O)O[C@H]2c3cc4c(cc3[C@@H](c3cc(OC)c(OC)c(OC)c3)[C@H]3C(=O)OC[C@@H]32)OCO4)c1C(=O)OC. The zero-order valence-corrected chi connectivity index (χ0v) is 25.4. The van der Waals surface area contributed by atoms with Gasteiger partial charge < -0.3 is 42.6 Å². The summed E-state index contributed by atoms with van der Waals surface area (Å²) in [4.78, 5) is 51.6. The molecular formula is C30H29N3O13.